The monoisotopic (exact) mass is 418 g/mol. The highest BCUT2D eigenvalue weighted by Crippen LogP contribution is 2.28. The van der Waals surface area contributed by atoms with Crippen molar-refractivity contribution in [1.82, 2.24) is 0 Å². The molecule has 1 amide bonds. The minimum atomic E-state index is -3.36. The molecule has 0 saturated carbocycles. The lowest BCUT2D eigenvalue weighted by atomic mass is 10.2. The van der Waals surface area contributed by atoms with Gasteiger partial charge in [-0.25, -0.2) is 8.42 Å². The number of amides is 1. The van der Waals surface area contributed by atoms with E-state index in [0.29, 0.717) is 28.4 Å². The lowest BCUT2D eigenvalue weighted by molar-refractivity contribution is -0.118. The first-order valence-electron chi connectivity index (χ1n) is 9.12. The first-order valence-corrected chi connectivity index (χ1v) is 10.8. The molecule has 0 heterocycles. The van der Waals surface area contributed by atoms with Crippen molar-refractivity contribution in [3.63, 3.8) is 0 Å². The van der Waals surface area contributed by atoms with Crippen LogP contribution in [0.1, 0.15) is 25.0 Å². The molecule has 2 aromatic carbocycles. The minimum absolute atomic E-state index is 0.0125. The molecule has 0 radical (unpaired) electrons. The Bertz CT molecular complexity index is 1000. The van der Waals surface area contributed by atoms with Crippen molar-refractivity contribution in [2.75, 3.05) is 29.5 Å². The molecule has 2 rings (SSSR count). The van der Waals surface area contributed by atoms with E-state index in [0.717, 1.165) is 5.56 Å². The smallest absolute Gasteiger partial charge is 0.262 e. The normalized spacial score (nSPS) is 11.3. The second-order valence-electron chi connectivity index (χ2n) is 6.28. The van der Waals surface area contributed by atoms with Crippen LogP contribution in [0.4, 0.5) is 11.4 Å². The predicted molar refractivity (Wildman–Crippen MR) is 116 cm³/mol. The first kappa shape index (κ1) is 22.3. The fraction of sp³-hybridized carbons (Fsp3) is 0.286. The van der Waals surface area contributed by atoms with Gasteiger partial charge >= 0.3 is 0 Å². The van der Waals surface area contributed by atoms with E-state index >= 15 is 0 Å². The predicted octanol–water partition coefficient (Wildman–Crippen LogP) is 3.82. The lowest BCUT2D eigenvalue weighted by Crippen LogP contribution is -2.20. The van der Waals surface area contributed by atoms with Crippen molar-refractivity contribution in [3.8, 4) is 11.5 Å². The molecule has 29 heavy (non-hydrogen) atoms. The maximum atomic E-state index is 12.2. The van der Waals surface area contributed by atoms with Gasteiger partial charge in [-0.05, 0) is 62.2 Å². The van der Waals surface area contributed by atoms with Crippen molar-refractivity contribution >= 4 is 33.4 Å². The first-order chi connectivity index (χ1) is 13.8. The van der Waals surface area contributed by atoms with Gasteiger partial charge in [-0.1, -0.05) is 18.2 Å². The maximum absolute atomic E-state index is 12.2. The number of nitrogens with one attached hydrogen (secondary N) is 2. The van der Waals surface area contributed by atoms with Crippen LogP contribution >= 0.6 is 0 Å². The fourth-order valence-corrected chi connectivity index (χ4v) is 3.24. The molecule has 2 N–H and O–H groups in total. The highest BCUT2D eigenvalue weighted by atomic mass is 32.2. The summed E-state index contributed by atoms with van der Waals surface area (Å²) < 4.78 is 36.8. The molecule has 7 nitrogen and oxygen atoms in total. The molecule has 0 aliphatic rings. The zero-order chi connectivity index (χ0) is 21.4. The van der Waals surface area contributed by atoms with Crippen LogP contribution in [-0.4, -0.2) is 33.8 Å². The van der Waals surface area contributed by atoms with Crippen LogP contribution in [0.5, 0.6) is 11.5 Å². The largest absolute Gasteiger partial charge is 0.493 e. The maximum Gasteiger partial charge on any atom is 0.262 e. The Balaban J connectivity index is 2.00. The highest BCUT2D eigenvalue weighted by molar-refractivity contribution is 7.92. The Morgan fingerprint density at radius 1 is 1.14 bits per heavy atom. The molecule has 0 saturated heterocycles. The molecule has 0 spiro atoms. The third kappa shape index (κ3) is 6.53. The van der Waals surface area contributed by atoms with Gasteiger partial charge < -0.3 is 14.8 Å². The number of benzene rings is 2. The molecule has 8 heteroatoms. The molecular formula is C21H26N2O5S. The van der Waals surface area contributed by atoms with Crippen LogP contribution in [0.25, 0.3) is 6.08 Å². The van der Waals surface area contributed by atoms with Crippen LogP contribution in [0, 0.1) is 6.92 Å². The molecule has 0 aromatic heterocycles. The SMILES string of the molecule is C/C=C/c1ccc(OCC(=O)Nc2ccc(NS(=O)(=O)CC)c(C)c2)c(OC)c1. The van der Waals surface area contributed by atoms with Crippen LogP contribution in [0.3, 0.4) is 0 Å². The van der Waals surface area contributed by atoms with Gasteiger partial charge in [0.05, 0.1) is 18.6 Å². The summed E-state index contributed by atoms with van der Waals surface area (Å²) in [4.78, 5) is 12.2. The van der Waals surface area contributed by atoms with Gasteiger partial charge in [-0.15, -0.1) is 0 Å². The topological polar surface area (TPSA) is 93.7 Å². The van der Waals surface area contributed by atoms with Gasteiger partial charge in [-0.2, -0.15) is 0 Å². The quantitative estimate of drug-likeness (QED) is 0.646. The van der Waals surface area contributed by atoms with E-state index in [1.165, 1.54) is 0 Å². The second kappa shape index (κ2) is 9.97. The van der Waals surface area contributed by atoms with Crippen molar-refractivity contribution < 1.29 is 22.7 Å². The van der Waals surface area contributed by atoms with Gasteiger partial charge in [0.2, 0.25) is 10.0 Å². The summed E-state index contributed by atoms with van der Waals surface area (Å²) in [5.41, 5.74) is 2.69. The lowest BCUT2D eigenvalue weighted by Gasteiger charge is -2.13. The number of sulfonamides is 1. The fourth-order valence-electron chi connectivity index (χ4n) is 2.54. The summed E-state index contributed by atoms with van der Waals surface area (Å²) in [6.07, 6.45) is 3.86. The molecule has 0 unspecified atom stereocenters. The molecule has 0 atom stereocenters. The van der Waals surface area contributed by atoms with Crippen LogP contribution in [0.15, 0.2) is 42.5 Å². The molecular weight excluding hydrogens is 392 g/mol. The number of aryl methyl sites for hydroxylation is 1. The van der Waals surface area contributed by atoms with E-state index in [-0.39, 0.29) is 18.3 Å². The van der Waals surface area contributed by atoms with Gasteiger partial charge in [0, 0.05) is 5.69 Å². The van der Waals surface area contributed by atoms with E-state index in [1.807, 2.05) is 31.2 Å². The van der Waals surface area contributed by atoms with Gasteiger partial charge in [0.15, 0.2) is 18.1 Å². The van der Waals surface area contributed by atoms with E-state index < -0.39 is 10.0 Å². The number of anilines is 2. The molecule has 156 valence electrons. The number of rotatable bonds is 9. The Morgan fingerprint density at radius 3 is 2.52 bits per heavy atom. The van der Waals surface area contributed by atoms with E-state index in [1.54, 1.807) is 45.2 Å². The van der Waals surface area contributed by atoms with Gasteiger partial charge in [0.1, 0.15) is 0 Å². The summed E-state index contributed by atoms with van der Waals surface area (Å²) in [5.74, 6) is 0.653. The summed E-state index contributed by atoms with van der Waals surface area (Å²) in [6.45, 7) is 5.06. The second-order valence-corrected chi connectivity index (χ2v) is 8.29. The molecule has 0 aliphatic heterocycles. The molecule has 0 fully saturated rings. The summed E-state index contributed by atoms with van der Waals surface area (Å²) in [6, 6.07) is 10.4. The van der Waals surface area contributed by atoms with Crippen LogP contribution in [0.2, 0.25) is 0 Å². The average Bonchev–Trinajstić information content (AvgIpc) is 2.69. The van der Waals surface area contributed by atoms with Crippen LogP contribution in [-0.2, 0) is 14.8 Å². The van der Waals surface area contributed by atoms with Crippen LogP contribution < -0.4 is 19.5 Å². The number of ether oxygens (including phenoxy) is 2. The standard InChI is InChI=1S/C21H26N2O5S/c1-5-7-16-8-11-19(20(13-16)27-4)28-14-21(24)22-17-9-10-18(15(3)12-17)23-29(25,26)6-2/h5,7-13,23H,6,14H2,1-4H3,(H,22,24)/b7-5+. The van der Waals surface area contributed by atoms with Gasteiger partial charge in [-0.3, -0.25) is 9.52 Å². The third-order valence-electron chi connectivity index (χ3n) is 4.06. The van der Waals surface area contributed by atoms with E-state index in [9.17, 15) is 13.2 Å². The van der Waals surface area contributed by atoms with Crippen molar-refractivity contribution in [3.05, 3.63) is 53.6 Å². The van der Waals surface area contributed by atoms with Crippen molar-refractivity contribution in [2.45, 2.75) is 20.8 Å². The molecule has 2 aromatic rings. The zero-order valence-corrected chi connectivity index (χ0v) is 17.8. The highest BCUT2D eigenvalue weighted by Gasteiger charge is 2.11. The number of carbonyl (C=O) groups excluding carboxylic acids is 1. The molecule has 0 bridgehead atoms. The molecule has 0 aliphatic carbocycles. The number of methoxy groups -OCH3 is 1. The summed E-state index contributed by atoms with van der Waals surface area (Å²) >= 11 is 0. The number of allylic oxidation sites excluding steroid dienone is 1. The average molecular weight is 419 g/mol. The minimum Gasteiger partial charge on any atom is -0.493 e. The Hall–Kier alpha value is -3.00. The Morgan fingerprint density at radius 2 is 1.90 bits per heavy atom. The van der Waals surface area contributed by atoms with Crippen molar-refractivity contribution in [2.24, 2.45) is 0 Å². The summed E-state index contributed by atoms with van der Waals surface area (Å²) in [5, 5.41) is 2.73. The zero-order valence-electron chi connectivity index (χ0n) is 17.0. The number of hydrogen-bond donors (Lipinski definition) is 2. The van der Waals surface area contributed by atoms with Gasteiger partial charge in [0.25, 0.3) is 5.91 Å². The van der Waals surface area contributed by atoms with E-state index in [4.69, 9.17) is 9.47 Å². The summed E-state index contributed by atoms with van der Waals surface area (Å²) in [7, 11) is -1.82. The van der Waals surface area contributed by atoms with E-state index in [2.05, 4.69) is 10.0 Å². The number of carbonyl (C=O) groups is 1. The Labute approximate surface area is 171 Å². The Kier molecular flexibility index (Phi) is 7.67. The van der Waals surface area contributed by atoms with Crippen molar-refractivity contribution in [1.29, 1.82) is 0 Å². The number of hydrogen-bond acceptors (Lipinski definition) is 5. The third-order valence-corrected chi connectivity index (χ3v) is 5.35.